The number of rotatable bonds is 3. The van der Waals surface area contributed by atoms with Crippen LogP contribution in [-0.2, 0) is 48.7 Å². The maximum absolute atomic E-state index is 2.81. The lowest BCUT2D eigenvalue weighted by molar-refractivity contribution is 0.332. The molecule has 388 valence electrons. The molecule has 0 saturated carbocycles. The molecule has 2 aliphatic heterocycles. The number of nitrogens with zero attached hydrogens (tertiary/aromatic N) is 2. The Balaban J connectivity index is 1.33. The van der Waals surface area contributed by atoms with E-state index in [0.29, 0.717) is 0 Å². The monoisotopic (exact) mass is 1000 g/mol. The highest BCUT2D eigenvalue weighted by Gasteiger charge is 2.53. The second-order valence-corrected chi connectivity index (χ2v) is 32.1. The molecule has 74 heavy (non-hydrogen) atoms. The van der Waals surface area contributed by atoms with Crippen molar-refractivity contribution >= 4 is 67.9 Å². The normalized spacial score (nSPS) is 20.5. The van der Waals surface area contributed by atoms with Crippen molar-refractivity contribution in [1.82, 2.24) is 0 Å². The zero-order chi connectivity index (χ0) is 53.6. The number of benzene rings is 5. The van der Waals surface area contributed by atoms with Gasteiger partial charge in [0.15, 0.2) is 0 Å². The van der Waals surface area contributed by atoms with Crippen LogP contribution in [0, 0.1) is 0 Å². The van der Waals surface area contributed by atoms with Crippen molar-refractivity contribution in [2.75, 3.05) is 9.80 Å². The summed E-state index contributed by atoms with van der Waals surface area (Å²) in [7, 11) is 0. The summed E-state index contributed by atoms with van der Waals surface area (Å²) in [6.45, 7) is 51.8. The van der Waals surface area contributed by atoms with Crippen LogP contribution in [0.1, 0.15) is 233 Å². The Kier molecular flexibility index (Phi) is 11.2. The van der Waals surface area contributed by atoms with Gasteiger partial charge in [-0.1, -0.05) is 188 Å². The van der Waals surface area contributed by atoms with Crippen LogP contribution in [0.5, 0.6) is 0 Å². The predicted molar refractivity (Wildman–Crippen MR) is 326 cm³/mol. The van der Waals surface area contributed by atoms with Crippen molar-refractivity contribution in [3.05, 3.63) is 134 Å². The largest absolute Gasteiger partial charge is 0.311 e. The van der Waals surface area contributed by atoms with Crippen LogP contribution in [0.3, 0.4) is 0 Å². The molecule has 0 atom stereocenters. The first-order valence-electron chi connectivity index (χ1n) is 28.6. The smallest absolute Gasteiger partial charge is 0.264 e. The molecule has 5 aromatic carbocycles. The third kappa shape index (κ3) is 7.80. The molecule has 3 aliphatic carbocycles. The molecule has 0 bridgehead atoms. The second-order valence-electron chi connectivity index (χ2n) is 31.1. The van der Waals surface area contributed by atoms with Crippen molar-refractivity contribution in [3.63, 3.8) is 0 Å². The molecule has 1 aromatic heterocycles. The van der Waals surface area contributed by atoms with E-state index in [1.165, 1.54) is 132 Å². The number of hydrogen-bond acceptors (Lipinski definition) is 3. The van der Waals surface area contributed by atoms with E-state index in [4.69, 9.17) is 0 Å². The average Bonchev–Trinajstić information content (AvgIpc) is 3.73. The van der Waals surface area contributed by atoms with Crippen LogP contribution >= 0.6 is 11.3 Å². The molecule has 0 radical (unpaired) electrons. The van der Waals surface area contributed by atoms with Gasteiger partial charge >= 0.3 is 0 Å². The summed E-state index contributed by atoms with van der Waals surface area (Å²) in [5.74, 6) is 0. The van der Waals surface area contributed by atoms with E-state index >= 15 is 0 Å². The molecule has 4 heteroatoms. The molecule has 11 rings (SSSR count). The van der Waals surface area contributed by atoms with E-state index in [9.17, 15) is 0 Å². The molecule has 2 nitrogen and oxygen atoms in total. The van der Waals surface area contributed by atoms with E-state index in [0.717, 1.165) is 6.42 Å². The molecule has 3 heterocycles. The molecule has 0 unspecified atom stereocenters. The van der Waals surface area contributed by atoms with Gasteiger partial charge in [-0.05, 0) is 191 Å². The Labute approximate surface area is 453 Å². The fourth-order valence-electron chi connectivity index (χ4n) is 14.3. The van der Waals surface area contributed by atoms with Gasteiger partial charge in [-0.15, -0.1) is 0 Å². The fourth-order valence-corrected chi connectivity index (χ4v) is 16.0. The quantitative estimate of drug-likeness (QED) is 0.163. The molecule has 0 amide bonds. The minimum absolute atomic E-state index is 0.00672. The molecule has 0 N–H and O–H groups in total. The van der Waals surface area contributed by atoms with Crippen LogP contribution in [0.25, 0.3) is 11.1 Å². The lowest BCUT2D eigenvalue weighted by Crippen LogP contribution is -2.61. The van der Waals surface area contributed by atoms with Gasteiger partial charge in [0.05, 0.1) is 11.4 Å². The third-order valence-electron chi connectivity index (χ3n) is 19.6. The Morgan fingerprint density at radius 3 is 1.50 bits per heavy atom. The van der Waals surface area contributed by atoms with Crippen LogP contribution in [0.4, 0.5) is 34.1 Å². The highest BCUT2D eigenvalue weighted by molar-refractivity contribution is 7.29. The van der Waals surface area contributed by atoms with Gasteiger partial charge in [-0.2, -0.15) is 11.3 Å². The molecule has 5 aliphatic rings. The van der Waals surface area contributed by atoms with Gasteiger partial charge < -0.3 is 9.80 Å². The minimum Gasteiger partial charge on any atom is -0.311 e. The maximum Gasteiger partial charge on any atom is 0.264 e. The van der Waals surface area contributed by atoms with Crippen LogP contribution in [0.15, 0.2) is 84.9 Å². The molecule has 0 fully saturated rings. The first-order valence-corrected chi connectivity index (χ1v) is 29.4. The zero-order valence-corrected chi connectivity index (χ0v) is 50.5. The third-order valence-corrected chi connectivity index (χ3v) is 21.2. The summed E-state index contributed by atoms with van der Waals surface area (Å²) in [6, 6.07) is 35.4. The van der Waals surface area contributed by atoms with Crippen LogP contribution in [0.2, 0.25) is 0 Å². The van der Waals surface area contributed by atoms with E-state index < -0.39 is 0 Å². The Morgan fingerprint density at radius 2 is 0.919 bits per heavy atom. The Morgan fingerprint density at radius 1 is 0.419 bits per heavy atom. The zero-order valence-electron chi connectivity index (χ0n) is 49.7. The van der Waals surface area contributed by atoms with Crippen LogP contribution < -0.4 is 25.5 Å². The van der Waals surface area contributed by atoms with Crippen molar-refractivity contribution in [1.29, 1.82) is 0 Å². The SMILES string of the molecule is CC(C)(C)c1ccc(N2c3cc(C(C)(C)C)cc4c3B(c3cc5c(cc3N4c3ccc(C(C)(C)C)cc3-c3cccc4c3C(C)(C)CCC4(C)C)C(C)(C)CCC5(C)C)c3sc4c(c32)C(C)(C)CCC4(C)C)cc1. The Bertz CT molecular complexity index is 3290. The summed E-state index contributed by atoms with van der Waals surface area (Å²) < 4.78 is 1.52. The highest BCUT2D eigenvalue weighted by Crippen LogP contribution is 2.59. The highest BCUT2D eigenvalue weighted by atomic mass is 32.1. The van der Waals surface area contributed by atoms with Crippen molar-refractivity contribution in [2.24, 2.45) is 0 Å². The standard InChI is InChI=1S/C70H89BN2S/c1-62(2,3)42-25-28-45(29-26-42)72-54-38-44(64(7,8)9)39-55-58(54)71(61-59(72)57-60(74-61)70(20,21)36-35-69(57,18)19)51-40-49-50(67(14,15)32-31-66(49,12)13)41-53(51)73(55)52-30-27-43(63(4,5)6)37-47(52)46-23-22-24-48-56(46)68(16,17)34-33-65(48,10)11/h22-30,37-41H,31-36H2,1-21H3. The van der Waals surface area contributed by atoms with Crippen molar-refractivity contribution in [2.45, 2.75) is 233 Å². The maximum atomic E-state index is 2.81. The average molecular weight is 1000 g/mol. The van der Waals surface area contributed by atoms with Gasteiger partial charge in [-0.3, -0.25) is 0 Å². The summed E-state index contributed by atoms with van der Waals surface area (Å²) in [6.07, 6.45) is 7.06. The lowest BCUT2D eigenvalue weighted by Gasteiger charge is -2.48. The van der Waals surface area contributed by atoms with Gasteiger partial charge in [0.1, 0.15) is 0 Å². The number of anilines is 6. The van der Waals surface area contributed by atoms with Crippen molar-refractivity contribution in [3.8, 4) is 11.1 Å². The summed E-state index contributed by atoms with van der Waals surface area (Å²) in [4.78, 5) is 7.18. The number of hydrogen-bond donors (Lipinski definition) is 0. The van der Waals surface area contributed by atoms with Gasteiger partial charge in [0, 0.05) is 38.0 Å². The fraction of sp³-hybridized carbons (Fsp3) is 0.514. The lowest BCUT2D eigenvalue weighted by atomic mass is 9.35. The molecule has 0 saturated heterocycles. The van der Waals surface area contributed by atoms with Gasteiger partial charge in [0.2, 0.25) is 0 Å². The topological polar surface area (TPSA) is 6.48 Å². The van der Waals surface area contributed by atoms with E-state index in [1.807, 2.05) is 0 Å². The predicted octanol–water partition coefficient (Wildman–Crippen LogP) is 18.4. The summed E-state index contributed by atoms with van der Waals surface area (Å²) in [5.41, 5.74) is 25.6. The molecular weight excluding hydrogens is 912 g/mol. The molecule has 6 aromatic rings. The van der Waals surface area contributed by atoms with E-state index in [2.05, 4.69) is 251 Å². The minimum atomic E-state index is -0.126. The van der Waals surface area contributed by atoms with Crippen molar-refractivity contribution < 1.29 is 0 Å². The van der Waals surface area contributed by atoms with E-state index in [-0.39, 0.29) is 55.4 Å². The number of thiophene rings is 1. The molecular formula is C70H89BN2S. The summed E-state index contributed by atoms with van der Waals surface area (Å²) >= 11 is 2.16. The van der Waals surface area contributed by atoms with Crippen LogP contribution in [-0.4, -0.2) is 6.71 Å². The molecule has 0 spiro atoms. The first kappa shape index (κ1) is 51.6. The second kappa shape index (κ2) is 16.0. The van der Waals surface area contributed by atoms with Gasteiger partial charge in [-0.25, -0.2) is 0 Å². The first-order chi connectivity index (χ1) is 34.1. The van der Waals surface area contributed by atoms with Gasteiger partial charge in [0.25, 0.3) is 6.71 Å². The number of fused-ring (bicyclic) bond motifs is 8. The van der Waals surface area contributed by atoms with E-state index in [1.54, 1.807) is 10.4 Å². The summed E-state index contributed by atoms with van der Waals surface area (Å²) in [5, 5.41) is 0. The Hall–Kier alpha value is -4.54.